The Bertz CT molecular complexity index is 336. The van der Waals surface area contributed by atoms with Crippen molar-refractivity contribution in [3.63, 3.8) is 0 Å². The molecule has 4 nitrogen and oxygen atoms in total. The van der Waals surface area contributed by atoms with Crippen LogP contribution in [-0.4, -0.2) is 31.3 Å². The molecule has 1 rings (SSSR count). The van der Waals surface area contributed by atoms with E-state index in [0.717, 1.165) is 18.7 Å². The average molecular weight is 252 g/mol. The predicted octanol–water partition coefficient (Wildman–Crippen LogP) is 2.13. The molecule has 0 spiro atoms. The highest BCUT2D eigenvalue weighted by molar-refractivity contribution is 5.13. The second kappa shape index (κ2) is 7.46. The number of ether oxygens (including phenoxy) is 2. The number of hydrogen-bond acceptors (Lipinski definition) is 4. The van der Waals surface area contributed by atoms with E-state index in [2.05, 4.69) is 30.2 Å². The summed E-state index contributed by atoms with van der Waals surface area (Å²) in [4.78, 5) is 4.36. The van der Waals surface area contributed by atoms with Crippen LogP contribution < -0.4 is 5.32 Å². The van der Waals surface area contributed by atoms with Gasteiger partial charge in [0.05, 0.1) is 17.9 Å². The standard InChI is InChI=1S/C14H24N2O2/c1-14(2,17-4)7-8-18-11-13-6-5-12(9-15-3)10-16-13/h5-6,10,15H,7-9,11H2,1-4H3. The maximum absolute atomic E-state index is 5.60. The van der Waals surface area contributed by atoms with Crippen LogP contribution in [0.25, 0.3) is 0 Å². The summed E-state index contributed by atoms with van der Waals surface area (Å²) < 4.78 is 10.9. The van der Waals surface area contributed by atoms with Gasteiger partial charge in [-0.25, -0.2) is 0 Å². The van der Waals surface area contributed by atoms with E-state index < -0.39 is 0 Å². The first-order chi connectivity index (χ1) is 8.57. The van der Waals surface area contributed by atoms with Crippen molar-refractivity contribution in [3.8, 4) is 0 Å². The van der Waals surface area contributed by atoms with Gasteiger partial charge in [-0.2, -0.15) is 0 Å². The Balaban J connectivity index is 2.27. The van der Waals surface area contributed by atoms with Crippen LogP contribution in [0.5, 0.6) is 0 Å². The normalized spacial score (nSPS) is 11.8. The number of aromatic nitrogens is 1. The fraction of sp³-hybridized carbons (Fsp3) is 0.643. The molecule has 1 N–H and O–H groups in total. The molecule has 0 bridgehead atoms. The summed E-state index contributed by atoms with van der Waals surface area (Å²) in [6, 6.07) is 4.08. The quantitative estimate of drug-likeness (QED) is 0.720. The minimum absolute atomic E-state index is 0.121. The number of hydrogen-bond donors (Lipinski definition) is 1. The lowest BCUT2D eigenvalue weighted by molar-refractivity contribution is -0.0128. The van der Waals surface area contributed by atoms with E-state index in [-0.39, 0.29) is 5.60 Å². The van der Waals surface area contributed by atoms with Gasteiger partial charge in [0.15, 0.2) is 0 Å². The van der Waals surface area contributed by atoms with Gasteiger partial charge in [0, 0.05) is 26.5 Å². The van der Waals surface area contributed by atoms with Crippen molar-refractivity contribution in [1.82, 2.24) is 10.3 Å². The van der Waals surface area contributed by atoms with Crippen LogP contribution in [0.15, 0.2) is 18.3 Å². The van der Waals surface area contributed by atoms with Crippen LogP contribution in [0.1, 0.15) is 31.5 Å². The highest BCUT2D eigenvalue weighted by Crippen LogP contribution is 2.13. The maximum atomic E-state index is 5.60. The minimum Gasteiger partial charge on any atom is -0.379 e. The maximum Gasteiger partial charge on any atom is 0.0887 e. The lowest BCUT2D eigenvalue weighted by atomic mass is 10.1. The summed E-state index contributed by atoms with van der Waals surface area (Å²) in [5.41, 5.74) is 2.02. The van der Waals surface area contributed by atoms with Crippen molar-refractivity contribution in [2.45, 2.75) is 39.0 Å². The molecule has 0 aliphatic heterocycles. The van der Waals surface area contributed by atoms with E-state index in [9.17, 15) is 0 Å². The van der Waals surface area contributed by atoms with Crippen molar-refractivity contribution in [3.05, 3.63) is 29.6 Å². The van der Waals surface area contributed by atoms with E-state index in [0.29, 0.717) is 13.2 Å². The molecule has 102 valence electrons. The van der Waals surface area contributed by atoms with Crippen LogP contribution in [0, 0.1) is 0 Å². The topological polar surface area (TPSA) is 43.4 Å². The first-order valence-corrected chi connectivity index (χ1v) is 6.29. The molecule has 18 heavy (non-hydrogen) atoms. The summed E-state index contributed by atoms with van der Waals surface area (Å²) in [6.07, 6.45) is 2.76. The van der Waals surface area contributed by atoms with E-state index >= 15 is 0 Å². The number of rotatable bonds is 8. The number of methoxy groups -OCH3 is 1. The van der Waals surface area contributed by atoms with Gasteiger partial charge in [-0.3, -0.25) is 4.98 Å². The van der Waals surface area contributed by atoms with Crippen molar-refractivity contribution < 1.29 is 9.47 Å². The molecule has 0 radical (unpaired) electrons. The van der Waals surface area contributed by atoms with Crippen molar-refractivity contribution in [2.75, 3.05) is 20.8 Å². The molecule has 1 aromatic heterocycles. The smallest absolute Gasteiger partial charge is 0.0887 e. The zero-order chi connectivity index (χ0) is 13.4. The monoisotopic (exact) mass is 252 g/mol. The van der Waals surface area contributed by atoms with Gasteiger partial charge in [-0.15, -0.1) is 0 Å². The SMILES string of the molecule is CNCc1ccc(COCCC(C)(C)OC)nc1. The molecule has 0 saturated carbocycles. The molecule has 0 unspecified atom stereocenters. The van der Waals surface area contributed by atoms with Gasteiger partial charge in [0.25, 0.3) is 0 Å². The molecule has 0 aliphatic rings. The molecule has 1 heterocycles. The van der Waals surface area contributed by atoms with E-state index in [1.807, 2.05) is 19.3 Å². The molecule has 0 fully saturated rings. The Morgan fingerprint density at radius 2 is 2.11 bits per heavy atom. The van der Waals surface area contributed by atoms with Gasteiger partial charge >= 0.3 is 0 Å². The zero-order valence-corrected chi connectivity index (χ0v) is 11.8. The minimum atomic E-state index is -0.121. The number of nitrogens with one attached hydrogen (secondary N) is 1. The van der Waals surface area contributed by atoms with Gasteiger partial charge in [-0.1, -0.05) is 6.07 Å². The molecule has 0 saturated heterocycles. The molecule has 0 aliphatic carbocycles. The predicted molar refractivity (Wildman–Crippen MR) is 72.4 cm³/mol. The van der Waals surface area contributed by atoms with E-state index in [1.54, 1.807) is 7.11 Å². The molecule has 0 aromatic carbocycles. The van der Waals surface area contributed by atoms with Crippen LogP contribution >= 0.6 is 0 Å². The Labute approximate surface area is 110 Å². The third-order valence-electron chi connectivity index (χ3n) is 2.92. The first-order valence-electron chi connectivity index (χ1n) is 6.29. The third kappa shape index (κ3) is 5.58. The van der Waals surface area contributed by atoms with E-state index in [1.165, 1.54) is 5.56 Å². The molecular formula is C14H24N2O2. The van der Waals surface area contributed by atoms with E-state index in [4.69, 9.17) is 9.47 Å². The summed E-state index contributed by atoms with van der Waals surface area (Å²) in [5, 5.41) is 3.09. The van der Waals surface area contributed by atoms with Crippen LogP contribution in [0.3, 0.4) is 0 Å². The summed E-state index contributed by atoms with van der Waals surface area (Å²) >= 11 is 0. The van der Waals surface area contributed by atoms with Gasteiger partial charge < -0.3 is 14.8 Å². The lowest BCUT2D eigenvalue weighted by Crippen LogP contribution is -2.24. The fourth-order valence-corrected chi connectivity index (χ4v) is 1.45. The molecule has 0 amide bonds. The van der Waals surface area contributed by atoms with Crippen LogP contribution in [0.4, 0.5) is 0 Å². The zero-order valence-electron chi connectivity index (χ0n) is 11.8. The molecule has 1 aromatic rings. The summed E-state index contributed by atoms with van der Waals surface area (Å²) in [5.74, 6) is 0. The van der Waals surface area contributed by atoms with Crippen LogP contribution in [-0.2, 0) is 22.6 Å². The number of nitrogens with zero attached hydrogens (tertiary/aromatic N) is 1. The second-order valence-electron chi connectivity index (χ2n) is 4.95. The largest absolute Gasteiger partial charge is 0.379 e. The van der Waals surface area contributed by atoms with Gasteiger partial charge in [0.2, 0.25) is 0 Å². The molecule has 0 atom stereocenters. The second-order valence-corrected chi connectivity index (χ2v) is 4.95. The van der Waals surface area contributed by atoms with Crippen LogP contribution in [0.2, 0.25) is 0 Å². The van der Waals surface area contributed by atoms with Crippen molar-refractivity contribution in [1.29, 1.82) is 0 Å². The van der Waals surface area contributed by atoms with Gasteiger partial charge in [0.1, 0.15) is 0 Å². The van der Waals surface area contributed by atoms with Crippen molar-refractivity contribution in [2.24, 2.45) is 0 Å². The van der Waals surface area contributed by atoms with Crippen molar-refractivity contribution >= 4 is 0 Å². The molecule has 4 heteroatoms. The highest BCUT2D eigenvalue weighted by atomic mass is 16.5. The summed E-state index contributed by atoms with van der Waals surface area (Å²) in [7, 11) is 3.65. The third-order valence-corrected chi connectivity index (χ3v) is 2.92. The Hall–Kier alpha value is -0.970. The average Bonchev–Trinajstić information content (AvgIpc) is 2.37. The Morgan fingerprint density at radius 1 is 1.33 bits per heavy atom. The fourth-order valence-electron chi connectivity index (χ4n) is 1.45. The van der Waals surface area contributed by atoms with Gasteiger partial charge in [-0.05, 0) is 38.9 Å². The summed E-state index contributed by atoms with van der Waals surface area (Å²) in [6.45, 7) is 6.19. The lowest BCUT2D eigenvalue weighted by Gasteiger charge is -2.22. The Morgan fingerprint density at radius 3 is 2.67 bits per heavy atom. The Kier molecular flexibility index (Phi) is 6.25. The first kappa shape index (κ1) is 15.1. The molecular weight excluding hydrogens is 228 g/mol. The number of pyridine rings is 1. The highest BCUT2D eigenvalue weighted by Gasteiger charge is 2.15.